The molecule has 0 atom stereocenters. The minimum Gasteiger partial charge on any atom is -0.373 e. The molecule has 0 aliphatic rings. The molecule has 0 aliphatic carbocycles. The predicted molar refractivity (Wildman–Crippen MR) is 51.2 cm³/mol. The molecule has 0 saturated heterocycles. The van der Waals surface area contributed by atoms with Crippen LogP contribution in [0.3, 0.4) is 0 Å². The molecule has 0 bridgehead atoms. The molecule has 0 unspecified atom stereocenters. The van der Waals surface area contributed by atoms with Gasteiger partial charge in [-0.1, -0.05) is 27.7 Å². The predicted octanol–water partition coefficient (Wildman–Crippen LogP) is -0.796. The van der Waals surface area contributed by atoms with E-state index in [1.54, 1.807) is 7.41 Å². The molecule has 0 amide bonds. The monoisotopic (exact) mass is 153 g/mol. The maximum absolute atomic E-state index is 5.72. The van der Waals surface area contributed by atoms with Crippen LogP contribution in [0.5, 0.6) is 0 Å². The minimum atomic E-state index is -0.305. The van der Waals surface area contributed by atoms with Gasteiger partial charge in [-0.25, -0.2) is 0 Å². The van der Waals surface area contributed by atoms with E-state index in [2.05, 4.69) is 5.23 Å². The first-order valence-corrected chi connectivity index (χ1v) is 3.74. The van der Waals surface area contributed by atoms with Crippen LogP contribution < -0.4 is 16.6 Å². The molecule has 0 aromatic heterocycles. The number of nitrogens with one attached hydrogen (secondary N) is 1. The normalized spacial score (nSPS) is 12.9. The molecular weight excluding hydrogens is 136 g/mol. The van der Waals surface area contributed by atoms with Crippen molar-refractivity contribution in [3.05, 3.63) is 0 Å². The molecule has 0 saturated carbocycles. The van der Waals surface area contributed by atoms with Crippen LogP contribution in [0.2, 0.25) is 0 Å². The number of hydrogen-bond donors (Lipinski definition) is 3. The molecule has 0 rings (SSSR count). The van der Waals surface area contributed by atoms with Gasteiger partial charge in [-0.2, -0.15) is 0 Å². The zero-order chi connectivity index (χ0) is 9.12. The maximum Gasteiger partial charge on any atom is 0.227 e. The van der Waals surface area contributed by atoms with Crippen molar-refractivity contribution < 1.29 is 0 Å². The van der Waals surface area contributed by atoms with Crippen LogP contribution in [-0.2, 0) is 0 Å². The van der Waals surface area contributed by atoms with E-state index in [9.17, 15) is 0 Å². The first-order chi connectivity index (χ1) is 4.77. The van der Waals surface area contributed by atoms with Crippen molar-refractivity contribution in [2.45, 2.75) is 38.6 Å². The highest BCUT2D eigenvalue weighted by atomic mass is 14.9. The maximum atomic E-state index is 5.72. The lowest BCUT2D eigenvalue weighted by molar-refractivity contribution is 0.620. The Bertz CT molecular complexity index is 119. The molecule has 11 heavy (non-hydrogen) atoms. The molecule has 2 radical (unpaired) electrons. The van der Waals surface area contributed by atoms with E-state index in [1.165, 1.54) is 0 Å². The molecule has 5 N–H and O–H groups in total. The third-order valence-electron chi connectivity index (χ3n) is 1.23. The van der Waals surface area contributed by atoms with Crippen LogP contribution in [0.1, 0.15) is 27.7 Å². The molecule has 0 fully saturated rings. The smallest absolute Gasteiger partial charge is 0.227 e. The Balaban J connectivity index is 3.70. The van der Waals surface area contributed by atoms with E-state index in [0.29, 0.717) is 0 Å². The topological polar surface area (TPSA) is 64.1 Å². The van der Waals surface area contributed by atoms with E-state index in [0.717, 1.165) is 0 Å². The Kier molecular flexibility index (Phi) is 3.61. The van der Waals surface area contributed by atoms with Crippen molar-refractivity contribution in [1.82, 2.24) is 5.23 Å². The Labute approximate surface area is 70.8 Å². The fourth-order valence-electron chi connectivity index (χ4n) is 0.420. The summed E-state index contributed by atoms with van der Waals surface area (Å²) in [4.78, 5) is 0. The summed E-state index contributed by atoms with van der Waals surface area (Å²) in [6.45, 7) is 7.81. The molecule has 62 valence electrons. The minimum absolute atomic E-state index is 0.184. The SMILES string of the molecule is CC(C)(N)[B]NC(C)(C)[B]N. The fourth-order valence-corrected chi connectivity index (χ4v) is 0.420. The second-order valence-electron chi connectivity index (χ2n) is 4.00. The van der Waals surface area contributed by atoms with Crippen LogP contribution in [0.4, 0.5) is 0 Å². The summed E-state index contributed by atoms with van der Waals surface area (Å²) < 4.78 is 0. The Morgan fingerprint density at radius 1 is 1.18 bits per heavy atom. The Morgan fingerprint density at radius 3 is 1.91 bits per heavy atom. The molecule has 5 heteroatoms. The highest BCUT2D eigenvalue weighted by Crippen LogP contribution is 1.98. The van der Waals surface area contributed by atoms with Gasteiger partial charge >= 0.3 is 0 Å². The molecule has 0 aliphatic heterocycles. The van der Waals surface area contributed by atoms with Crippen molar-refractivity contribution >= 4 is 14.8 Å². The van der Waals surface area contributed by atoms with Crippen molar-refractivity contribution in [3.8, 4) is 0 Å². The Morgan fingerprint density at radius 2 is 1.64 bits per heavy atom. The summed E-state index contributed by atoms with van der Waals surface area (Å²) in [7, 11) is 3.45. The third-order valence-corrected chi connectivity index (χ3v) is 1.23. The Hall–Kier alpha value is 0.00987. The lowest BCUT2D eigenvalue weighted by atomic mass is 9.63. The van der Waals surface area contributed by atoms with Gasteiger partial charge in [0, 0.05) is 0 Å². The largest absolute Gasteiger partial charge is 0.373 e. The molecular formula is C6H17B2N3. The fraction of sp³-hybridized carbons (Fsp3) is 1.00. The second-order valence-corrected chi connectivity index (χ2v) is 4.00. The van der Waals surface area contributed by atoms with E-state index in [4.69, 9.17) is 11.4 Å². The van der Waals surface area contributed by atoms with Crippen molar-refractivity contribution in [1.29, 1.82) is 0 Å². The number of nitrogens with two attached hydrogens (primary N) is 2. The summed E-state index contributed by atoms with van der Waals surface area (Å²) in [5, 5.41) is 3.12. The van der Waals surface area contributed by atoms with E-state index in [-0.39, 0.29) is 10.9 Å². The molecule has 0 aromatic carbocycles. The van der Waals surface area contributed by atoms with Crippen molar-refractivity contribution in [2.24, 2.45) is 11.4 Å². The second kappa shape index (κ2) is 3.61. The summed E-state index contributed by atoms with van der Waals surface area (Å²) >= 11 is 0. The zero-order valence-electron chi connectivity index (χ0n) is 7.81. The van der Waals surface area contributed by atoms with E-state index < -0.39 is 0 Å². The van der Waals surface area contributed by atoms with Crippen LogP contribution in [0.25, 0.3) is 0 Å². The van der Waals surface area contributed by atoms with Gasteiger partial charge in [-0.3, -0.25) is 0 Å². The first-order valence-electron chi connectivity index (χ1n) is 3.74. The third kappa shape index (κ3) is 6.41. The summed E-state index contributed by atoms with van der Waals surface area (Å²) in [5.41, 5.74) is 10.6. The lowest BCUT2D eigenvalue weighted by Gasteiger charge is -2.27. The average Bonchev–Trinajstić information content (AvgIpc) is 1.83. The van der Waals surface area contributed by atoms with E-state index >= 15 is 0 Å². The van der Waals surface area contributed by atoms with Crippen LogP contribution in [0.15, 0.2) is 0 Å². The van der Waals surface area contributed by atoms with Gasteiger partial charge in [0.05, 0.1) is 0 Å². The quantitative estimate of drug-likeness (QED) is 0.463. The first kappa shape index (κ1) is 11.0. The summed E-state index contributed by atoms with van der Waals surface area (Å²) in [6.07, 6.45) is 0. The van der Waals surface area contributed by atoms with Gasteiger partial charge in [0.25, 0.3) is 0 Å². The van der Waals surface area contributed by atoms with Crippen molar-refractivity contribution in [2.75, 3.05) is 0 Å². The highest BCUT2D eigenvalue weighted by Gasteiger charge is 2.21. The zero-order valence-corrected chi connectivity index (χ0v) is 7.81. The summed E-state index contributed by atoms with van der Waals surface area (Å²) in [6, 6.07) is 0. The molecule has 0 spiro atoms. The number of hydrogen-bond acceptors (Lipinski definition) is 3. The van der Waals surface area contributed by atoms with Crippen LogP contribution in [0, 0.1) is 0 Å². The standard InChI is InChI=1S/C6H17B2N3/c1-5(2,9)8-11-6(3,4)7-10/h11H,9-10H2,1-4H3. The van der Waals surface area contributed by atoms with Crippen molar-refractivity contribution in [3.63, 3.8) is 0 Å². The highest BCUT2D eigenvalue weighted by molar-refractivity contribution is 6.42. The molecule has 0 aromatic rings. The van der Waals surface area contributed by atoms with Gasteiger partial charge in [-0.05, 0) is 10.9 Å². The molecule has 0 heterocycles. The van der Waals surface area contributed by atoms with Crippen LogP contribution >= 0.6 is 0 Å². The average molecular weight is 153 g/mol. The van der Waals surface area contributed by atoms with Gasteiger partial charge in [0.15, 0.2) is 0 Å². The van der Waals surface area contributed by atoms with Crippen LogP contribution in [-0.4, -0.2) is 25.7 Å². The number of rotatable bonds is 4. The van der Waals surface area contributed by atoms with E-state index in [1.807, 2.05) is 35.1 Å². The summed E-state index contributed by atoms with van der Waals surface area (Å²) in [5.74, 6) is 0. The molecule has 3 nitrogen and oxygen atoms in total. The van der Waals surface area contributed by atoms with Gasteiger partial charge < -0.3 is 16.6 Å². The van der Waals surface area contributed by atoms with Gasteiger partial charge in [0.2, 0.25) is 14.8 Å². The lowest BCUT2D eigenvalue weighted by Crippen LogP contribution is -2.57. The van der Waals surface area contributed by atoms with Gasteiger partial charge in [-0.15, -0.1) is 0 Å². The van der Waals surface area contributed by atoms with Gasteiger partial charge in [0.1, 0.15) is 0 Å².